The molecule has 2 amide bonds. The molecule has 3 aromatic rings. The van der Waals surface area contributed by atoms with Gasteiger partial charge in [0.2, 0.25) is 0 Å². The van der Waals surface area contributed by atoms with Crippen molar-refractivity contribution in [1.29, 1.82) is 0 Å². The van der Waals surface area contributed by atoms with E-state index < -0.39 is 30.2 Å². The first-order chi connectivity index (χ1) is 16.8. The molecule has 35 heavy (non-hydrogen) atoms. The minimum atomic E-state index is -0.774. The van der Waals surface area contributed by atoms with Crippen LogP contribution in [0, 0.1) is 13.8 Å². The van der Waals surface area contributed by atoms with E-state index in [1.807, 2.05) is 26.0 Å². The zero-order valence-electron chi connectivity index (χ0n) is 19.1. The number of aryl methyl sites for hydroxylation is 2. The molecule has 0 aliphatic carbocycles. The Labute approximate surface area is 201 Å². The number of Topliss-reactive ketones (excluding diaryl/α,β-unsaturated/α-hetero) is 1. The van der Waals surface area contributed by atoms with Crippen molar-refractivity contribution in [3.8, 4) is 11.5 Å². The molecule has 2 heterocycles. The molecule has 2 aliphatic rings. The molecule has 2 aliphatic heterocycles. The second-order valence-electron chi connectivity index (χ2n) is 8.35. The lowest BCUT2D eigenvalue weighted by molar-refractivity contribution is 0.0474. The van der Waals surface area contributed by atoms with Gasteiger partial charge in [0.05, 0.1) is 22.4 Å². The quantitative estimate of drug-likeness (QED) is 0.316. The Morgan fingerprint density at radius 3 is 2.34 bits per heavy atom. The average Bonchev–Trinajstić information content (AvgIpc) is 3.12. The van der Waals surface area contributed by atoms with Crippen LogP contribution in [0.1, 0.15) is 52.6 Å². The number of nitrogens with zero attached hydrogens (tertiary/aromatic N) is 1. The number of hydrogen-bond acceptors (Lipinski definition) is 7. The number of fused-ring (bicyclic) bond motifs is 2. The summed E-state index contributed by atoms with van der Waals surface area (Å²) in [6.45, 7) is 4.04. The molecule has 0 fully saturated rings. The van der Waals surface area contributed by atoms with Gasteiger partial charge in [0, 0.05) is 5.56 Å². The highest BCUT2D eigenvalue weighted by molar-refractivity contribution is 6.35. The van der Waals surface area contributed by atoms with E-state index in [0.29, 0.717) is 36.0 Å². The molecule has 0 aromatic heterocycles. The average molecular weight is 471 g/mol. The highest BCUT2D eigenvalue weighted by Crippen LogP contribution is 2.32. The summed E-state index contributed by atoms with van der Waals surface area (Å²) < 4.78 is 16.1. The third-order valence-corrected chi connectivity index (χ3v) is 5.93. The van der Waals surface area contributed by atoms with Gasteiger partial charge < -0.3 is 14.2 Å². The molecule has 0 spiro atoms. The summed E-state index contributed by atoms with van der Waals surface area (Å²) >= 11 is 0. The monoisotopic (exact) mass is 471 g/mol. The van der Waals surface area contributed by atoms with Gasteiger partial charge in [-0.15, -0.1) is 0 Å². The Morgan fingerprint density at radius 1 is 0.829 bits per heavy atom. The van der Waals surface area contributed by atoms with Crippen LogP contribution in [0.2, 0.25) is 0 Å². The maximum atomic E-state index is 13.1. The molecule has 0 unspecified atom stereocenters. The van der Waals surface area contributed by atoms with Gasteiger partial charge in [-0.2, -0.15) is 0 Å². The summed E-state index contributed by atoms with van der Waals surface area (Å²) in [5.74, 6) is -1.14. The van der Waals surface area contributed by atoms with Crippen LogP contribution in [0.15, 0.2) is 54.6 Å². The SMILES string of the molecule is Cc1ccc(C)c(N2C(=O)c3ccc(C(=O)OCC(=O)c4ccc5c(c4)OCCO5)cc3C2=O)c1. The van der Waals surface area contributed by atoms with Crippen molar-refractivity contribution in [3.63, 3.8) is 0 Å². The first kappa shape index (κ1) is 22.3. The minimum Gasteiger partial charge on any atom is -0.486 e. The standard InChI is InChI=1S/C27H21NO7/c1-15-3-4-16(2)21(11-15)28-25(30)19-7-5-18(12-20(19)26(28)31)27(32)35-14-22(29)17-6-8-23-24(13-17)34-10-9-33-23/h3-8,11-13H,9-10,14H2,1-2H3. The molecule has 0 saturated heterocycles. The Kier molecular flexibility index (Phi) is 5.56. The van der Waals surface area contributed by atoms with E-state index in [1.165, 1.54) is 18.2 Å². The zero-order valence-corrected chi connectivity index (χ0v) is 19.1. The van der Waals surface area contributed by atoms with Crippen molar-refractivity contribution in [3.05, 3.63) is 88.0 Å². The number of esters is 1. The van der Waals surface area contributed by atoms with Crippen LogP contribution in [0.25, 0.3) is 0 Å². The Bertz CT molecular complexity index is 1410. The lowest BCUT2D eigenvalue weighted by Crippen LogP contribution is -2.30. The second-order valence-corrected chi connectivity index (χ2v) is 8.35. The number of amides is 2. The number of ketones is 1. The van der Waals surface area contributed by atoms with Crippen molar-refractivity contribution in [1.82, 2.24) is 0 Å². The first-order valence-electron chi connectivity index (χ1n) is 11.0. The predicted octanol–water partition coefficient (Wildman–Crippen LogP) is 3.91. The molecule has 0 atom stereocenters. The summed E-state index contributed by atoms with van der Waals surface area (Å²) in [6.07, 6.45) is 0. The van der Waals surface area contributed by atoms with E-state index in [0.717, 1.165) is 16.0 Å². The number of carbonyl (C=O) groups excluding carboxylic acids is 4. The number of hydrogen-bond donors (Lipinski definition) is 0. The molecule has 176 valence electrons. The van der Waals surface area contributed by atoms with E-state index in [4.69, 9.17) is 14.2 Å². The fourth-order valence-corrected chi connectivity index (χ4v) is 4.06. The highest BCUT2D eigenvalue weighted by Gasteiger charge is 2.38. The van der Waals surface area contributed by atoms with Gasteiger partial charge in [0.1, 0.15) is 13.2 Å². The van der Waals surface area contributed by atoms with Gasteiger partial charge >= 0.3 is 5.97 Å². The molecule has 8 nitrogen and oxygen atoms in total. The molecular weight excluding hydrogens is 450 g/mol. The van der Waals surface area contributed by atoms with Gasteiger partial charge in [-0.05, 0) is 67.4 Å². The topological polar surface area (TPSA) is 99.2 Å². The zero-order chi connectivity index (χ0) is 24.7. The summed E-state index contributed by atoms with van der Waals surface area (Å²) in [6, 6.07) is 14.4. The van der Waals surface area contributed by atoms with Gasteiger partial charge in [-0.3, -0.25) is 14.4 Å². The number of rotatable bonds is 5. The Morgan fingerprint density at radius 2 is 1.54 bits per heavy atom. The number of ether oxygens (including phenoxy) is 3. The number of carbonyl (C=O) groups is 4. The van der Waals surface area contributed by atoms with Crippen molar-refractivity contribution >= 4 is 29.3 Å². The van der Waals surface area contributed by atoms with Crippen LogP contribution in [0.4, 0.5) is 5.69 Å². The van der Waals surface area contributed by atoms with Crippen LogP contribution in [0.5, 0.6) is 11.5 Å². The first-order valence-corrected chi connectivity index (χ1v) is 11.0. The van der Waals surface area contributed by atoms with Gasteiger partial charge in [-0.25, -0.2) is 9.69 Å². The lowest BCUT2D eigenvalue weighted by atomic mass is 10.1. The smallest absolute Gasteiger partial charge is 0.338 e. The number of anilines is 1. The van der Waals surface area contributed by atoms with Crippen LogP contribution >= 0.6 is 0 Å². The van der Waals surface area contributed by atoms with Crippen molar-refractivity contribution in [2.75, 3.05) is 24.7 Å². The molecule has 3 aromatic carbocycles. The lowest BCUT2D eigenvalue weighted by Gasteiger charge is -2.18. The summed E-state index contributed by atoms with van der Waals surface area (Å²) in [5.41, 5.74) is 2.91. The maximum Gasteiger partial charge on any atom is 0.338 e. The van der Waals surface area contributed by atoms with E-state index in [1.54, 1.807) is 24.3 Å². The second kappa shape index (κ2) is 8.72. The van der Waals surface area contributed by atoms with E-state index >= 15 is 0 Å². The molecule has 0 saturated carbocycles. The molecular formula is C27H21NO7. The molecule has 5 rings (SSSR count). The summed E-state index contributed by atoms with van der Waals surface area (Å²) in [4.78, 5) is 52.3. The molecule has 0 radical (unpaired) electrons. The van der Waals surface area contributed by atoms with Gasteiger partial charge in [0.25, 0.3) is 11.8 Å². The number of imide groups is 1. The molecule has 0 N–H and O–H groups in total. The third-order valence-electron chi connectivity index (χ3n) is 5.93. The highest BCUT2D eigenvalue weighted by atomic mass is 16.6. The fourth-order valence-electron chi connectivity index (χ4n) is 4.06. The third kappa shape index (κ3) is 4.03. The summed E-state index contributed by atoms with van der Waals surface area (Å²) in [5, 5.41) is 0. The minimum absolute atomic E-state index is 0.0719. The van der Waals surface area contributed by atoms with Crippen LogP contribution < -0.4 is 14.4 Å². The van der Waals surface area contributed by atoms with E-state index in [-0.39, 0.29) is 16.7 Å². The van der Waals surface area contributed by atoms with Crippen molar-refractivity contribution < 1.29 is 33.4 Å². The largest absolute Gasteiger partial charge is 0.486 e. The summed E-state index contributed by atoms with van der Waals surface area (Å²) in [7, 11) is 0. The maximum absolute atomic E-state index is 13.1. The van der Waals surface area contributed by atoms with Gasteiger partial charge in [-0.1, -0.05) is 12.1 Å². The Hall–Kier alpha value is -4.46. The Balaban J connectivity index is 1.31. The normalized spacial score (nSPS) is 14.1. The van der Waals surface area contributed by atoms with Crippen molar-refractivity contribution in [2.24, 2.45) is 0 Å². The van der Waals surface area contributed by atoms with Crippen molar-refractivity contribution in [2.45, 2.75) is 13.8 Å². The fraction of sp³-hybridized carbons (Fsp3) is 0.185. The molecule has 8 heteroatoms. The van der Waals surface area contributed by atoms with Crippen LogP contribution in [-0.2, 0) is 4.74 Å². The van der Waals surface area contributed by atoms with E-state index in [9.17, 15) is 19.2 Å². The number of benzene rings is 3. The molecule has 0 bridgehead atoms. The predicted molar refractivity (Wildman–Crippen MR) is 126 cm³/mol. The van der Waals surface area contributed by atoms with Crippen LogP contribution in [-0.4, -0.2) is 43.4 Å². The van der Waals surface area contributed by atoms with E-state index in [2.05, 4.69) is 0 Å². The van der Waals surface area contributed by atoms with Crippen LogP contribution in [0.3, 0.4) is 0 Å². The van der Waals surface area contributed by atoms with Gasteiger partial charge in [0.15, 0.2) is 23.9 Å².